The molecular formula is C12H20N2OS. The van der Waals surface area contributed by atoms with Crippen LogP contribution in [-0.4, -0.2) is 40.7 Å². The Balaban J connectivity index is 1.92. The summed E-state index contributed by atoms with van der Waals surface area (Å²) >= 11 is 1.75. The van der Waals surface area contributed by atoms with Gasteiger partial charge in [-0.1, -0.05) is 0 Å². The maximum atomic E-state index is 9.31. The van der Waals surface area contributed by atoms with Crippen molar-refractivity contribution in [3.63, 3.8) is 0 Å². The van der Waals surface area contributed by atoms with Gasteiger partial charge in [-0.05, 0) is 33.4 Å². The van der Waals surface area contributed by atoms with Gasteiger partial charge in [-0.2, -0.15) is 0 Å². The molecule has 0 amide bonds. The zero-order valence-electron chi connectivity index (χ0n) is 10.0. The van der Waals surface area contributed by atoms with Gasteiger partial charge in [0.05, 0.1) is 11.1 Å². The highest BCUT2D eigenvalue weighted by Crippen LogP contribution is 2.22. The van der Waals surface area contributed by atoms with Crippen molar-refractivity contribution < 1.29 is 5.11 Å². The molecule has 0 aromatic carbocycles. The Morgan fingerprint density at radius 1 is 1.69 bits per heavy atom. The van der Waals surface area contributed by atoms with Gasteiger partial charge in [0, 0.05) is 30.0 Å². The maximum absolute atomic E-state index is 9.31. The topological polar surface area (TPSA) is 36.4 Å². The number of likely N-dealkylation sites (N-methyl/N-ethyl adjacent to an activating group) is 1. The van der Waals surface area contributed by atoms with Gasteiger partial charge >= 0.3 is 0 Å². The van der Waals surface area contributed by atoms with Gasteiger partial charge in [0.15, 0.2) is 0 Å². The van der Waals surface area contributed by atoms with Gasteiger partial charge in [-0.25, -0.2) is 4.98 Å². The Bertz CT molecular complexity index is 338. The monoisotopic (exact) mass is 240 g/mol. The van der Waals surface area contributed by atoms with E-state index in [9.17, 15) is 5.11 Å². The number of nitrogens with zero attached hydrogens (tertiary/aromatic N) is 2. The molecule has 1 saturated heterocycles. The lowest BCUT2D eigenvalue weighted by molar-refractivity contribution is 0.196. The zero-order chi connectivity index (χ0) is 11.5. The lowest BCUT2D eigenvalue weighted by atomic mass is 10.1. The molecule has 3 nitrogen and oxygen atoms in total. The molecule has 0 spiro atoms. The van der Waals surface area contributed by atoms with Crippen LogP contribution in [-0.2, 0) is 12.8 Å². The quantitative estimate of drug-likeness (QED) is 0.870. The molecule has 4 heteroatoms. The summed E-state index contributed by atoms with van der Waals surface area (Å²) < 4.78 is 0. The largest absolute Gasteiger partial charge is 0.393 e. The minimum Gasteiger partial charge on any atom is -0.393 e. The van der Waals surface area contributed by atoms with E-state index in [0.717, 1.165) is 12.8 Å². The highest BCUT2D eigenvalue weighted by molar-refractivity contribution is 7.11. The van der Waals surface area contributed by atoms with Crippen molar-refractivity contribution in [1.82, 2.24) is 9.88 Å². The number of rotatable bonds is 4. The lowest BCUT2D eigenvalue weighted by Crippen LogP contribution is -2.26. The van der Waals surface area contributed by atoms with Crippen molar-refractivity contribution in [1.29, 1.82) is 0 Å². The van der Waals surface area contributed by atoms with E-state index < -0.39 is 0 Å². The fourth-order valence-electron chi connectivity index (χ4n) is 2.27. The first-order valence-corrected chi connectivity index (χ1v) is 6.78. The van der Waals surface area contributed by atoms with Crippen LogP contribution in [0.4, 0.5) is 0 Å². The van der Waals surface area contributed by atoms with Gasteiger partial charge in [0.2, 0.25) is 0 Å². The van der Waals surface area contributed by atoms with Crippen LogP contribution in [0.1, 0.15) is 29.7 Å². The third kappa shape index (κ3) is 3.03. The molecule has 90 valence electrons. The summed E-state index contributed by atoms with van der Waals surface area (Å²) in [6.07, 6.45) is 6.07. The van der Waals surface area contributed by atoms with E-state index in [1.165, 1.54) is 29.3 Å². The molecule has 0 bridgehead atoms. The van der Waals surface area contributed by atoms with Crippen LogP contribution < -0.4 is 0 Å². The number of hydrogen-bond donors (Lipinski definition) is 1. The SMILES string of the molecule is CC(O)Cc1cnc(CC2CCCN2C)s1. The Morgan fingerprint density at radius 2 is 2.50 bits per heavy atom. The summed E-state index contributed by atoms with van der Waals surface area (Å²) in [6.45, 7) is 3.04. The van der Waals surface area contributed by atoms with Crippen molar-refractivity contribution in [2.75, 3.05) is 13.6 Å². The second-order valence-corrected chi connectivity index (χ2v) is 5.95. The molecule has 1 aromatic rings. The van der Waals surface area contributed by atoms with Crippen molar-refractivity contribution in [3.05, 3.63) is 16.1 Å². The first kappa shape index (κ1) is 12.0. The molecule has 0 saturated carbocycles. The second-order valence-electron chi connectivity index (χ2n) is 4.75. The molecule has 2 unspecified atom stereocenters. The van der Waals surface area contributed by atoms with Crippen LogP contribution >= 0.6 is 11.3 Å². The Kier molecular flexibility index (Phi) is 3.95. The van der Waals surface area contributed by atoms with E-state index in [4.69, 9.17) is 0 Å². The van der Waals surface area contributed by atoms with Crippen LogP contribution in [0.5, 0.6) is 0 Å². The Labute approximate surface area is 101 Å². The Morgan fingerprint density at radius 3 is 3.12 bits per heavy atom. The minimum atomic E-state index is -0.262. The molecule has 2 atom stereocenters. The average Bonchev–Trinajstić information content (AvgIpc) is 2.77. The van der Waals surface area contributed by atoms with E-state index in [0.29, 0.717) is 6.04 Å². The molecule has 16 heavy (non-hydrogen) atoms. The van der Waals surface area contributed by atoms with E-state index >= 15 is 0 Å². The number of aliphatic hydroxyl groups excluding tert-OH is 1. The second kappa shape index (κ2) is 5.25. The normalized spacial score (nSPS) is 23.8. The summed E-state index contributed by atoms with van der Waals surface area (Å²) in [5, 5.41) is 10.5. The van der Waals surface area contributed by atoms with Crippen LogP contribution in [0.2, 0.25) is 0 Å². The van der Waals surface area contributed by atoms with Crippen LogP contribution in [0.25, 0.3) is 0 Å². The number of aliphatic hydroxyl groups is 1. The van der Waals surface area contributed by atoms with Crippen LogP contribution in [0, 0.1) is 0 Å². The van der Waals surface area contributed by atoms with Gasteiger partial charge in [0.1, 0.15) is 0 Å². The molecule has 0 aliphatic carbocycles. The highest BCUT2D eigenvalue weighted by atomic mass is 32.1. The molecule has 1 fully saturated rings. The van der Waals surface area contributed by atoms with Gasteiger partial charge in [-0.15, -0.1) is 11.3 Å². The predicted octanol–water partition coefficient (Wildman–Crippen LogP) is 1.70. The third-order valence-corrected chi connectivity index (χ3v) is 4.22. The van der Waals surface area contributed by atoms with Crippen molar-refractivity contribution in [2.45, 2.75) is 44.8 Å². The summed E-state index contributed by atoms with van der Waals surface area (Å²) in [7, 11) is 2.20. The number of likely N-dealkylation sites (tertiary alicyclic amines) is 1. The standard InChI is InChI=1S/C12H20N2OS/c1-9(15)6-11-8-13-12(16-11)7-10-4-3-5-14(10)2/h8-10,15H,3-7H2,1-2H3. The minimum absolute atomic E-state index is 0.262. The van der Waals surface area contributed by atoms with Crippen molar-refractivity contribution >= 4 is 11.3 Å². The van der Waals surface area contributed by atoms with Gasteiger partial charge in [0.25, 0.3) is 0 Å². The van der Waals surface area contributed by atoms with E-state index in [1.54, 1.807) is 11.3 Å². The van der Waals surface area contributed by atoms with Gasteiger partial charge < -0.3 is 10.0 Å². The van der Waals surface area contributed by atoms with E-state index in [2.05, 4.69) is 16.9 Å². The lowest BCUT2D eigenvalue weighted by Gasteiger charge is -2.17. The van der Waals surface area contributed by atoms with E-state index in [1.807, 2.05) is 13.1 Å². The summed E-state index contributed by atoms with van der Waals surface area (Å²) in [5.74, 6) is 0. The number of aromatic nitrogens is 1. The molecule has 1 aliphatic rings. The molecule has 0 radical (unpaired) electrons. The first-order chi connectivity index (χ1) is 7.65. The van der Waals surface area contributed by atoms with Crippen LogP contribution in [0.15, 0.2) is 6.20 Å². The molecule has 1 N–H and O–H groups in total. The fourth-order valence-corrected chi connectivity index (χ4v) is 3.38. The van der Waals surface area contributed by atoms with Crippen LogP contribution in [0.3, 0.4) is 0 Å². The summed E-state index contributed by atoms with van der Waals surface area (Å²) in [5.41, 5.74) is 0. The summed E-state index contributed by atoms with van der Waals surface area (Å²) in [4.78, 5) is 8.07. The molecule has 1 aliphatic heterocycles. The fraction of sp³-hybridized carbons (Fsp3) is 0.750. The smallest absolute Gasteiger partial charge is 0.0943 e. The first-order valence-electron chi connectivity index (χ1n) is 5.97. The maximum Gasteiger partial charge on any atom is 0.0943 e. The predicted molar refractivity (Wildman–Crippen MR) is 66.9 cm³/mol. The third-order valence-electron chi connectivity index (χ3n) is 3.18. The van der Waals surface area contributed by atoms with Crippen molar-refractivity contribution in [3.8, 4) is 0 Å². The molecule has 2 heterocycles. The molecular weight excluding hydrogens is 220 g/mol. The number of hydrogen-bond acceptors (Lipinski definition) is 4. The highest BCUT2D eigenvalue weighted by Gasteiger charge is 2.22. The van der Waals surface area contributed by atoms with Crippen molar-refractivity contribution in [2.24, 2.45) is 0 Å². The average molecular weight is 240 g/mol. The molecule has 2 rings (SSSR count). The Hall–Kier alpha value is -0.450. The molecule has 1 aromatic heterocycles. The van der Waals surface area contributed by atoms with Gasteiger partial charge in [-0.3, -0.25) is 0 Å². The zero-order valence-corrected chi connectivity index (χ0v) is 10.8. The number of thiazole rings is 1. The van der Waals surface area contributed by atoms with E-state index in [-0.39, 0.29) is 6.10 Å². The summed E-state index contributed by atoms with van der Waals surface area (Å²) in [6, 6.07) is 0.672.